The number of nitrogens with zero attached hydrogens (tertiary/aromatic N) is 1. The van der Waals surface area contributed by atoms with Crippen molar-refractivity contribution in [2.75, 3.05) is 26.2 Å². The highest BCUT2D eigenvalue weighted by Crippen LogP contribution is 2.30. The van der Waals surface area contributed by atoms with E-state index in [2.05, 4.69) is 47.4 Å². The standard InChI is InChI=1S/C21H27NO2/c1-2-24-21(23)8-5-13-22-14-11-18(12-15-22)20-10-9-17-6-3-4-7-19(17)16-20/h3-4,6-7,9-10,16,18H,2,5,8,11-15H2,1H3. The van der Waals surface area contributed by atoms with Crippen LogP contribution in [0.25, 0.3) is 10.8 Å². The number of hydrogen-bond donors (Lipinski definition) is 0. The first-order valence-corrected chi connectivity index (χ1v) is 9.13. The van der Waals surface area contributed by atoms with Crippen molar-refractivity contribution in [3.8, 4) is 0 Å². The number of hydrogen-bond acceptors (Lipinski definition) is 3. The Morgan fingerprint density at radius 3 is 2.62 bits per heavy atom. The Morgan fingerprint density at radius 1 is 1.12 bits per heavy atom. The minimum atomic E-state index is -0.0662. The number of benzene rings is 2. The lowest BCUT2D eigenvalue weighted by Crippen LogP contribution is -2.33. The summed E-state index contributed by atoms with van der Waals surface area (Å²) in [4.78, 5) is 13.9. The molecule has 3 heteroatoms. The second kappa shape index (κ2) is 8.29. The van der Waals surface area contributed by atoms with Crippen molar-refractivity contribution in [1.82, 2.24) is 4.90 Å². The average molecular weight is 325 g/mol. The quantitative estimate of drug-likeness (QED) is 0.739. The van der Waals surface area contributed by atoms with E-state index in [1.54, 1.807) is 0 Å². The Kier molecular flexibility index (Phi) is 5.86. The number of likely N-dealkylation sites (tertiary alicyclic amines) is 1. The Morgan fingerprint density at radius 2 is 1.88 bits per heavy atom. The summed E-state index contributed by atoms with van der Waals surface area (Å²) >= 11 is 0. The zero-order chi connectivity index (χ0) is 16.8. The van der Waals surface area contributed by atoms with Gasteiger partial charge in [0.25, 0.3) is 0 Å². The van der Waals surface area contributed by atoms with Gasteiger partial charge in [-0.1, -0.05) is 42.5 Å². The van der Waals surface area contributed by atoms with Gasteiger partial charge in [-0.05, 0) is 68.1 Å². The maximum Gasteiger partial charge on any atom is 0.305 e. The molecular weight excluding hydrogens is 298 g/mol. The van der Waals surface area contributed by atoms with Gasteiger partial charge in [0.05, 0.1) is 6.61 Å². The third kappa shape index (κ3) is 4.35. The minimum absolute atomic E-state index is 0.0662. The normalized spacial score (nSPS) is 16.4. The maximum atomic E-state index is 11.4. The second-order valence-corrected chi connectivity index (χ2v) is 6.63. The molecule has 0 N–H and O–H groups in total. The zero-order valence-corrected chi connectivity index (χ0v) is 14.5. The fourth-order valence-corrected chi connectivity index (χ4v) is 3.63. The highest BCUT2D eigenvalue weighted by atomic mass is 16.5. The lowest BCUT2D eigenvalue weighted by molar-refractivity contribution is -0.143. The smallest absolute Gasteiger partial charge is 0.305 e. The molecule has 1 heterocycles. The number of esters is 1. The summed E-state index contributed by atoms with van der Waals surface area (Å²) < 4.78 is 4.98. The van der Waals surface area contributed by atoms with E-state index < -0.39 is 0 Å². The molecule has 3 rings (SSSR count). The summed E-state index contributed by atoms with van der Waals surface area (Å²) in [5.41, 5.74) is 1.47. The van der Waals surface area contributed by atoms with Crippen molar-refractivity contribution in [3.63, 3.8) is 0 Å². The van der Waals surface area contributed by atoms with E-state index in [1.165, 1.54) is 29.2 Å². The molecule has 0 aliphatic carbocycles. The highest BCUT2D eigenvalue weighted by Gasteiger charge is 2.20. The molecule has 0 atom stereocenters. The van der Waals surface area contributed by atoms with Crippen LogP contribution < -0.4 is 0 Å². The van der Waals surface area contributed by atoms with Gasteiger partial charge in [-0.2, -0.15) is 0 Å². The van der Waals surface area contributed by atoms with Crippen molar-refractivity contribution in [2.24, 2.45) is 0 Å². The van der Waals surface area contributed by atoms with E-state index in [1.807, 2.05) is 6.92 Å². The fourth-order valence-electron chi connectivity index (χ4n) is 3.63. The molecule has 0 aromatic heterocycles. The predicted octanol–water partition coefficient (Wildman–Crippen LogP) is 4.36. The van der Waals surface area contributed by atoms with Gasteiger partial charge in [0.2, 0.25) is 0 Å². The van der Waals surface area contributed by atoms with Gasteiger partial charge in [0, 0.05) is 6.42 Å². The third-order valence-electron chi connectivity index (χ3n) is 4.99. The molecular formula is C21H27NO2. The van der Waals surface area contributed by atoms with Crippen LogP contribution in [0.5, 0.6) is 0 Å². The number of piperidine rings is 1. The topological polar surface area (TPSA) is 29.5 Å². The van der Waals surface area contributed by atoms with Crippen molar-refractivity contribution >= 4 is 16.7 Å². The lowest BCUT2D eigenvalue weighted by atomic mass is 9.88. The zero-order valence-electron chi connectivity index (χ0n) is 14.5. The molecule has 128 valence electrons. The van der Waals surface area contributed by atoms with Crippen LogP contribution in [0.4, 0.5) is 0 Å². The first kappa shape index (κ1) is 17.0. The van der Waals surface area contributed by atoms with Gasteiger partial charge in [0.1, 0.15) is 0 Å². The Bertz CT molecular complexity index is 674. The molecule has 0 radical (unpaired) electrons. The second-order valence-electron chi connectivity index (χ2n) is 6.63. The van der Waals surface area contributed by atoms with Crippen LogP contribution in [0.1, 0.15) is 44.1 Å². The fraction of sp³-hybridized carbons (Fsp3) is 0.476. The van der Waals surface area contributed by atoms with Gasteiger partial charge >= 0.3 is 5.97 Å². The van der Waals surface area contributed by atoms with Crippen LogP contribution in [0.3, 0.4) is 0 Å². The summed E-state index contributed by atoms with van der Waals surface area (Å²) in [6.07, 6.45) is 3.85. The van der Waals surface area contributed by atoms with Crippen LogP contribution in [-0.2, 0) is 9.53 Å². The van der Waals surface area contributed by atoms with Crippen molar-refractivity contribution in [2.45, 2.75) is 38.5 Å². The van der Waals surface area contributed by atoms with Crippen LogP contribution in [0.15, 0.2) is 42.5 Å². The van der Waals surface area contributed by atoms with Gasteiger partial charge in [-0.15, -0.1) is 0 Å². The number of ether oxygens (including phenoxy) is 1. The van der Waals surface area contributed by atoms with E-state index in [-0.39, 0.29) is 5.97 Å². The van der Waals surface area contributed by atoms with E-state index in [0.29, 0.717) is 18.9 Å². The van der Waals surface area contributed by atoms with Crippen LogP contribution in [0, 0.1) is 0 Å². The van der Waals surface area contributed by atoms with Crippen molar-refractivity contribution in [1.29, 1.82) is 0 Å². The monoisotopic (exact) mass is 325 g/mol. The Labute approximate surface area is 144 Å². The minimum Gasteiger partial charge on any atom is -0.466 e. The molecule has 2 aromatic carbocycles. The number of carbonyl (C=O) groups is 1. The summed E-state index contributed by atoms with van der Waals surface area (Å²) in [6.45, 7) is 5.59. The van der Waals surface area contributed by atoms with Gasteiger partial charge in [-0.3, -0.25) is 4.79 Å². The first-order chi connectivity index (χ1) is 11.8. The summed E-state index contributed by atoms with van der Waals surface area (Å²) in [5, 5.41) is 2.66. The molecule has 0 bridgehead atoms. The molecule has 0 spiro atoms. The molecule has 3 nitrogen and oxygen atoms in total. The van der Waals surface area contributed by atoms with Crippen LogP contribution >= 0.6 is 0 Å². The molecule has 0 amide bonds. The van der Waals surface area contributed by atoms with Gasteiger partial charge < -0.3 is 9.64 Å². The number of carbonyl (C=O) groups excluding carboxylic acids is 1. The van der Waals surface area contributed by atoms with E-state index in [4.69, 9.17) is 4.74 Å². The summed E-state index contributed by atoms with van der Waals surface area (Å²) in [7, 11) is 0. The van der Waals surface area contributed by atoms with Gasteiger partial charge in [-0.25, -0.2) is 0 Å². The highest BCUT2D eigenvalue weighted by molar-refractivity contribution is 5.83. The molecule has 1 fully saturated rings. The van der Waals surface area contributed by atoms with Crippen LogP contribution in [-0.4, -0.2) is 37.1 Å². The molecule has 1 saturated heterocycles. The van der Waals surface area contributed by atoms with Crippen molar-refractivity contribution in [3.05, 3.63) is 48.0 Å². The Hall–Kier alpha value is -1.87. The van der Waals surface area contributed by atoms with E-state index in [0.717, 1.165) is 26.1 Å². The molecule has 0 saturated carbocycles. The van der Waals surface area contributed by atoms with Crippen LogP contribution in [0.2, 0.25) is 0 Å². The largest absolute Gasteiger partial charge is 0.466 e. The maximum absolute atomic E-state index is 11.4. The summed E-state index contributed by atoms with van der Waals surface area (Å²) in [6, 6.07) is 15.5. The molecule has 1 aliphatic heterocycles. The van der Waals surface area contributed by atoms with E-state index >= 15 is 0 Å². The molecule has 0 unspecified atom stereocenters. The number of fused-ring (bicyclic) bond motifs is 1. The Balaban J connectivity index is 1.48. The summed E-state index contributed by atoms with van der Waals surface area (Å²) in [5.74, 6) is 0.597. The van der Waals surface area contributed by atoms with Crippen molar-refractivity contribution < 1.29 is 9.53 Å². The average Bonchev–Trinajstić information content (AvgIpc) is 2.62. The SMILES string of the molecule is CCOC(=O)CCCN1CCC(c2ccc3ccccc3c2)CC1. The first-order valence-electron chi connectivity index (χ1n) is 9.13. The predicted molar refractivity (Wildman–Crippen MR) is 98.2 cm³/mol. The molecule has 2 aromatic rings. The number of rotatable bonds is 6. The lowest BCUT2D eigenvalue weighted by Gasteiger charge is -2.32. The van der Waals surface area contributed by atoms with Gasteiger partial charge in [0.15, 0.2) is 0 Å². The molecule has 24 heavy (non-hydrogen) atoms. The molecule has 1 aliphatic rings. The van der Waals surface area contributed by atoms with E-state index in [9.17, 15) is 4.79 Å². The third-order valence-corrected chi connectivity index (χ3v) is 4.99.